The Morgan fingerprint density at radius 2 is 1.74 bits per heavy atom. The predicted octanol–water partition coefficient (Wildman–Crippen LogP) is 5.33. The fourth-order valence-electron chi connectivity index (χ4n) is 3.38. The average Bonchev–Trinajstić information content (AvgIpc) is 3.23. The number of aromatic nitrogens is 2. The van der Waals surface area contributed by atoms with Gasteiger partial charge in [-0.2, -0.15) is 5.10 Å². The third kappa shape index (κ3) is 7.31. The maximum Gasteiger partial charge on any atom is 0.322 e. The Morgan fingerprint density at radius 1 is 1.06 bits per heavy atom. The molecule has 0 unspecified atom stereocenters. The van der Waals surface area contributed by atoms with E-state index in [1.165, 1.54) is 4.90 Å². The molecule has 0 spiro atoms. The number of amides is 3. The smallest absolute Gasteiger partial charge is 0.322 e. The van der Waals surface area contributed by atoms with Gasteiger partial charge in [0.15, 0.2) is 0 Å². The van der Waals surface area contributed by atoms with Crippen LogP contribution >= 0.6 is 11.6 Å². The highest BCUT2D eigenvalue weighted by Crippen LogP contribution is 2.29. The predicted molar refractivity (Wildman–Crippen MR) is 139 cm³/mol. The van der Waals surface area contributed by atoms with Crippen molar-refractivity contribution in [1.82, 2.24) is 14.7 Å². The molecule has 1 heterocycles. The van der Waals surface area contributed by atoms with E-state index < -0.39 is 0 Å². The quantitative estimate of drug-likeness (QED) is 0.391. The molecule has 2 aromatic carbocycles. The number of carbonyl (C=O) groups is 2. The van der Waals surface area contributed by atoms with Gasteiger partial charge < -0.3 is 20.3 Å². The lowest BCUT2D eigenvalue weighted by Crippen LogP contribution is -2.41. The van der Waals surface area contributed by atoms with Crippen LogP contribution in [0.25, 0.3) is 5.69 Å². The van der Waals surface area contributed by atoms with Crippen molar-refractivity contribution in [2.24, 2.45) is 0 Å². The second kappa shape index (κ2) is 11.9. The van der Waals surface area contributed by atoms with E-state index in [0.29, 0.717) is 41.8 Å². The summed E-state index contributed by atoms with van der Waals surface area (Å²) in [6.07, 6.45) is 0.595. The molecule has 0 aliphatic rings. The molecular formula is C26H32ClN5O3. The highest BCUT2D eigenvalue weighted by molar-refractivity contribution is 6.32. The van der Waals surface area contributed by atoms with Crippen LogP contribution in [0.1, 0.15) is 32.9 Å². The number of rotatable bonds is 9. The molecule has 0 fully saturated rings. The van der Waals surface area contributed by atoms with E-state index in [9.17, 15) is 9.59 Å². The minimum Gasteiger partial charge on any atom is -0.385 e. The van der Waals surface area contributed by atoms with Crippen molar-refractivity contribution in [2.45, 2.75) is 32.6 Å². The largest absolute Gasteiger partial charge is 0.385 e. The normalized spacial score (nSPS) is 11.2. The minimum atomic E-state index is -0.363. The number of para-hydroxylation sites is 2. The van der Waals surface area contributed by atoms with Crippen LogP contribution in [0, 0.1) is 0 Å². The van der Waals surface area contributed by atoms with Gasteiger partial charge in [0.1, 0.15) is 12.4 Å². The summed E-state index contributed by atoms with van der Waals surface area (Å²) in [6.45, 7) is 6.83. The minimum absolute atomic E-state index is 0.138. The zero-order valence-corrected chi connectivity index (χ0v) is 21.3. The maximum atomic E-state index is 13.1. The standard InChI is InChI=1S/C26H32ClN5O3/c1-26(2,3)22-17-23(32(30-22)21-14-9-8-13-20(21)27)29-24(33)18-31(15-10-16-35-4)25(34)28-19-11-6-5-7-12-19/h5-9,11-14,17H,10,15-16,18H2,1-4H3,(H,28,34)(H,29,33). The number of urea groups is 1. The summed E-state index contributed by atoms with van der Waals surface area (Å²) >= 11 is 6.42. The van der Waals surface area contributed by atoms with Gasteiger partial charge in [0, 0.05) is 37.4 Å². The summed E-state index contributed by atoms with van der Waals surface area (Å²) < 4.78 is 6.74. The summed E-state index contributed by atoms with van der Waals surface area (Å²) in [4.78, 5) is 27.5. The molecule has 0 radical (unpaired) electrons. The van der Waals surface area contributed by atoms with Crippen molar-refractivity contribution in [3.8, 4) is 5.69 Å². The van der Waals surface area contributed by atoms with Crippen LogP contribution < -0.4 is 10.6 Å². The van der Waals surface area contributed by atoms with E-state index in [4.69, 9.17) is 21.4 Å². The van der Waals surface area contributed by atoms with E-state index in [0.717, 1.165) is 5.69 Å². The number of benzene rings is 2. The highest BCUT2D eigenvalue weighted by Gasteiger charge is 2.23. The number of halogens is 1. The fraction of sp³-hybridized carbons (Fsp3) is 0.346. The summed E-state index contributed by atoms with van der Waals surface area (Å²) in [5, 5.41) is 11.0. The third-order valence-corrected chi connectivity index (χ3v) is 5.57. The molecular weight excluding hydrogens is 466 g/mol. The molecule has 0 saturated carbocycles. The lowest BCUT2D eigenvalue weighted by molar-refractivity contribution is -0.116. The van der Waals surface area contributed by atoms with Crippen molar-refractivity contribution in [1.29, 1.82) is 0 Å². The summed E-state index contributed by atoms with van der Waals surface area (Å²) in [5.41, 5.74) is 1.86. The summed E-state index contributed by atoms with van der Waals surface area (Å²) in [5.74, 6) is 0.132. The van der Waals surface area contributed by atoms with Gasteiger partial charge in [-0.05, 0) is 30.7 Å². The molecule has 0 saturated heterocycles. The van der Waals surface area contributed by atoms with E-state index in [2.05, 4.69) is 10.6 Å². The second-order valence-corrected chi connectivity index (χ2v) is 9.55. The maximum absolute atomic E-state index is 13.1. The average molecular weight is 498 g/mol. The van der Waals surface area contributed by atoms with E-state index in [-0.39, 0.29) is 23.9 Å². The van der Waals surface area contributed by atoms with Gasteiger partial charge in [0.2, 0.25) is 5.91 Å². The Balaban J connectivity index is 1.81. The molecule has 3 rings (SSSR count). The first-order valence-corrected chi connectivity index (χ1v) is 11.8. The van der Waals surface area contributed by atoms with Crippen LogP contribution in [-0.2, 0) is 14.9 Å². The number of hydrogen-bond donors (Lipinski definition) is 2. The van der Waals surface area contributed by atoms with Crippen molar-refractivity contribution in [3.05, 3.63) is 71.4 Å². The molecule has 0 aliphatic heterocycles. The van der Waals surface area contributed by atoms with Gasteiger partial charge in [-0.1, -0.05) is 62.7 Å². The van der Waals surface area contributed by atoms with Gasteiger partial charge in [0.25, 0.3) is 0 Å². The number of nitrogens with one attached hydrogen (secondary N) is 2. The van der Waals surface area contributed by atoms with Crippen LogP contribution in [0.3, 0.4) is 0 Å². The molecule has 1 aromatic heterocycles. The van der Waals surface area contributed by atoms with Gasteiger partial charge >= 0.3 is 6.03 Å². The molecule has 0 aliphatic carbocycles. The van der Waals surface area contributed by atoms with Crippen molar-refractivity contribution in [3.63, 3.8) is 0 Å². The Morgan fingerprint density at radius 3 is 2.40 bits per heavy atom. The monoisotopic (exact) mass is 497 g/mol. The molecule has 8 nitrogen and oxygen atoms in total. The van der Waals surface area contributed by atoms with Gasteiger partial charge in [-0.25, -0.2) is 9.48 Å². The van der Waals surface area contributed by atoms with Gasteiger partial charge in [-0.15, -0.1) is 0 Å². The van der Waals surface area contributed by atoms with Crippen molar-refractivity contribution >= 4 is 35.0 Å². The van der Waals surface area contributed by atoms with Crippen LogP contribution in [0.15, 0.2) is 60.7 Å². The van der Waals surface area contributed by atoms with Gasteiger partial charge in [-0.3, -0.25) is 4.79 Å². The second-order valence-electron chi connectivity index (χ2n) is 9.14. The molecule has 0 atom stereocenters. The number of nitrogens with zero attached hydrogens (tertiary/aromatic N) is 3. The number of carbonyl (C=O) groups excluding carboxylic acids is 2. The van der Waals surface area contributed by atoms with E-state index in [1.54, 1.807) is 30.0 Å². The lowest BCUT2D eigenvalue weighted by Gasteiger charge is -2.22. The molecule has 3 aromatic rings. The van der Waals surface area contributed by atoms with Crippen LogP contribution in [0.4, 0.5) is 16.3 Å². The molecule has 186 valence electrons. The van der Waals surface area contributed by atoms with Crippen LogP contribution in [0.2, 0.25) is 5.02 Å². The van der Waals surface area contributed by atoms with E-state index >= 15 is 0 Å². The Hall–Kier alpha value is -3.36. The van der Waals surface area contributed by atoms with Crippen LogP contribution in [-0.4, -0.2) is 53.4 Å². The topological polar surface area (TPSA) is 88.5 Å². The Bertz CT molecular complexity index is 1140. The number of methoxy groups -OCH3 is 1. The number of ether oxygens (including phenoxy) is 1. The van der Waals surface area contributed by atoms with Crippen molar-refractivity contribution in [2.75, 3.05) is 37.4 Å². The Kier molecular flexibility index (Phi) is 8.89. The van der Waals surface area contributed by atoms with E-state index in [1.807, 2.05) is 63.2 Å². The first-order valence-electron chi connectivity index (χ1n) is 11.4. The van der Waals surface area contributed by atoms with Crippen molar-refractivity contribution < 1.29 is 14.3 Å². The highest BCUT2D eigenvalue weighted by atomic mass is 35.5. The summed E-state index contributed by atoms with van der Waals surface area (Å²) in [6, 6.07) is 17.9. The summed E-state index contributed by atoms with van der Waals surface area (Å²) in [7, 11) is 1.60. The number of hydrogen-bond acceptors (Lipinski definition) is 4. The Labute approximate surface area is 211 Å². The molecule has 3 amide bonds. The zero-order chi connectivity index (χ0) is 25.4. The zero-order valence-electron chi connectivity index (χ0n) is 20.5. The van der Waals surface area contributed by atoms with Crippen LogP contribution in [0.5, 0.6) is 0 Å². The number of anilines is 2. The SMILES string of the molecule is COCCCN(CC(=O)Nc1cc(C(C)(C)C)nn1-c1ccccc1Cl)C(=O)Nc1ccccc1. The molecule has 9 heteroatoms. The lowest BCUT2D eigenvalue weighted by atomic mass is 9.92. The molecule has 0 bridgehead atoms. The molecule has 2 N–H and O–H groups in total. The first kappa shape index (κ1) is 26.2. The van der Waals surface area contributed by atoms with Gasteiger partial charge in [0.05, 0.1) is 16.4 Å². The fourth-order valence-corrected chi connectivity index (χ4v) is 3.59. The first-order chi connectivity index (χ1) is 16.7. The third-order valence-electron chi connectivity index (χ3n) is 5.25. The molecule has 35 heavy (non-hydrogen) atoms.